The van der Waals surface area contributed by atoms with Gasteiger partial charge in [-0.15, -0.1) is 0 Å². The summed E-state index contributed by atoms with van der Waals surface area (Å²) >= 11 is 1.55. The molecular formula is C15H13N3OS. The van der Waals surface area contributed by atoms with E-state index in [4.69, 9.17) is 0 Å². The standard InChI is InChI=1S/C15H13N3OS/c1-16-14-12-5-3-2-4-11(12)13(8-17-14)15(19)18-10-6-7-20-9-10/h2-9H,1H3,(H,16,17)(H,18,19). The monoisotopic (exact) mass is 283 g/mol. The summed E-state index contributed by atoms with van der Waals surface area (Å²) in [7, 11) is 1.82. The number of anilines is 2. The Bertz CT molecular complexity index is 753. The highest BCUT2D eigenvalue weighted by molar-refractivity contribution is 7.08. The number of benzene rings is 1. The van der Waals surface area contributed by atoms with Gasteiger partial charge < -0.3 is 10.6 Å². The molecule has 0 atom stereocenters. The van der Waals surface area contributed by atoms with Crippen LogP contribution in [0.3, 0.4) is 0 Å². The first-order valence-corrected chi connectivity index (χ1v) is 7.13. The molecule has 0 aliphatic rings. The lowest BCUT2D eigenvalue weighted by Crippen LogP contribution is -2.12. The number of fused-ring (bicyclic) bond motifs is 1. The highest BCUT2D eigenvalue weighted by Crippen LogP contribution is 2.25. The highest BCUT2D eigenvalue weighted by Gasteiger charge is 2.13. The van der Waals surface area contributed by atoms with Crippen molar-refractivity contribution in [2.75, 3.05) is 17.7 Å². The van der Waals surface area contributed by atoms with Gasteiger partial charge in [-0.2, -0.15) is 11.3 Å². The van der Waals surface area contributed by atoms with Crippen molar-refractivity contribution in [3.63, 3.8) is 0 Å². The van der Waals surface area contributed by atoms with E-state index in [1.54, 1.807) is 17.5 Å². The number of hydrogen-bond acceptors (Lipinski definition) is 4. The van der Waals surface area contributed by atoms with E-state index in [0.717, 1.165) is 22.3 Å². The summed E-state index contributed by atoms with van der Waals surface area (Å²) in [5, 5.41) is 11.6. The van der Waals surface area contributed by atoms with Gasteiger partial charge in [-0.3, -0.25) is 4.79 Å². The fraction of sp³-hybridized carbons (Fsp3) is 0.0667. The lowest BCUT2D eigenvalue weighted by molar-refractivity contribution is 0.102. The van der Waals surface area contributed by atoms with Crippen LogP contribution in [0, 0.1) is 0 Å². The second-order valence-corrected chi connectivity index (χ2v) is 5.06. The normalized spacial score (nSPS) is 10.4. The summed E-state index contributed by atoms with van der Waals surface area (Å²) in [4.78, 5) is 16.7. The first kappa shape index (κ1) is 12.6. The quantitative estimate of drug-likeness (QED) is 0.772. The summed E-state index contributed by atoms with van der Waals surface area (Å²) in [6.07, 6.45) is 1.61. The van der Waals surface area contributed by atoms with E-state index in [0.29, 0.717) is 5.56 Å². The Balaban J connectivity index is 2.05. The van der Waals surface area contributed by atoms with Crippen LogP contribution >= 0.6 is 11.3 Å². The van der Waals surface area contributed by atoms with E-state index in [1.807, 2.05) is 48.1 Å². The number of nitrogens with one attached hydrogen (secondary N) is 2. The van der Waals surface area contributed by atoms with Crippen LogP contribution in [0.4, 0.5) is 11.5 Å². The van der Waals surface area contributed by atoms with Gasteiger partial charge >= 0.3 is 0 Å². The van der Waals surface area contributed by atoms with Crippen molar-refractivity contribution in [1.29, 1.82) is 0 Å². The zero-order valence-corrected chi connectivity index (χ0v) is 11.7. The van der Waals surface area contributed by atoms with Gasteiger partial charge in [-0.05, 0) is 16.8 Å². The zero-order valence-electron chi connectivity index (χ0n) is 10.9. The van der Waals surface area contributed by atoms with Crippen LogP contribution in [0.25, 0.3) is 10.8 Å². The Morgan fingerprint density at radius 1 is 1.20 bits per heavy atom. The summed E-state index contributed by atoms with van der Waals surface area (Å²) in [6.45, 7) is 0. The van der Waals surface area contributed by atoms with Gasteiger partial charge in [0.05, 0.1) is 11.3 Å². The molecule has 0 aliphatic carbocycles. The topological polar surface area (TPSA) is 54.0 Å². The van der Waals surface area contributed by atoms with Gasteiger partial charge in [0.2, 0.25) is 0 Å². The van der Waals surface area contributed by atoms with Gasteiger partial charge in [-0.1, -0.05) is 24.3 Å². The molecular weight excluding hydrogens is 270 g/mol. The van der Waals surface area contributed by atoms with Crippen LogP contribution in [0.1, 0.15) is 10.4 Å². The molecule has 2 heterocycles. The van der Waals surface area contributed by atoms with Crippen molar-refractivity contribution in [1.82, 2.24) is 4.98 Å². The second kappa shape index (κ2) is 5.30. The zero-order chi connectivity index (χ0) is 13.9. The van der Waals surface area contributed by atoms with Crippen LogP contribution in [-0.2, 0) is 0 Å². The molecule has 1 aromatic carbocycles. The molecule has 3 aromatic rings. The van der Waals surface area contributed by atoms with E-state index >= 15 is 0 Å². The largest absolute Gasteiger partial charge is 0.373 e. The van der Waals surface area contributed by atoms with Gasteiger partial charge in [-0.25, -0.2) is 4.98 Å². The van der Waals surface area contributed by atoms with Crippen molar-refractivity contribution < 1.29 is 4.79 Å². The minimum absolute atomic E-state index is 0.144. The van der Waals surface area contributed by atoms with Gasteiger partial charge in [0.15, 0.2) is 0 Å². The smallest absolute Gasteiger partial charge is 0.257 e. The minimum atomic E-state index is -0.144. The molecule has 0 bridgehead atoms. The van der Waals surface area contributed by atoms with Crippen LogP contribution < -0.4 is 10.6 Å². The van der Waals surface area contributed by atoms with Gasteiger partial charge in [0, 0.05) is 24.0 Å². The predicted molar refractivity (Wildman–Crippen MR) is 83.6 cm³/mol. The Hall–Kier alpha value is -2.40. The second-order valence-electron chi connectivity index (χ2n) is 4.28. The Morgan fingerprint density at radius 3 is 2.70 bits per heavy atom. The molecule has 0 saturated heterocycles. The molecule has 0 fully saturated rings. The minimum Gasteiger partial charge on any atom is -0.373 e. The van der Waals surface area contributed by atoms with Crippen LogP contribution in [-0.4, -0.2) is 17.9 Å². The lowest BCUT2D eigenvalue weighted by atomic mass is 10.1. The molecule has 100 valence electrons. The molecule has 0 radical (unpaired) electrons. The molecule has 4 nitrogen and oxygen atoms in total. The summed E-state index contributed by atoms with van der Waals surface area (Å²) in [5.74, 6) is 0.627. The maximum Gasteiger partial charge on any atom is 0.257 e. The Kier molecular flexibility index (Phi) is 3.35. The molecule has 1 amide bonds. The first-order chi connectivity index (χ1) is 9.79. The summed E-state index contributed by atoms with van der Waals surface area (Å²) in [5.41, 5.74) is 1.38. The lowest BCUT2D eigenvalue weighted by Gasteiger charge is -2.09. The molecule has 0 saturated carbocycles. The van der Waals surface area contributed by atoms with E-state index in [-0.39, 0.29) is 5.91 Å². The Morgan fingerprint density at radius 2 is 2.00 bits per heavy atom. The maximum atomic E-state index is 12.4. The fourth-order valence-corrected chi connectivity index (χ4v) is 2.69. The number of pyridine rings is 1. The third-order valence-electron chi connectivity index (χ3n) is 3.06. The Labute approximate surface area is 120 Å². The van der Waals surface area contributed by atoms with Gasteiger partial charge in [0.1, 0.15) is 5.82 Å². The van der Waals surface area contributed by atoms with Crippen molar-refractivity contribution in [3.05, 3.63) is 52.9 Å². The van der Waals surface area contributed by atoms with Crippen LogP contribution in [0.2, 0.25) is 0 Å². The third-order valence-corrected chi connectivity index (χ3v) is 3.74. The predicted octanol–water partition coefficient (Wildman–Crippen LogP) is 3.59. The molecule has 2 aromatic heterocycles. The maximum absolute atomic E-state index is 12.4. The van der Waals surface area contributed by atoms with Crippen molar-refractivity contribution >= 4 is 39.5 Å². The highest BCUT2D eigenvalue weighted by atomic mass is 32.1. The van der Waals surface area contributed by atoms with E-state index in [9.17, 15) is 4.79 Å². The number of aromatic nitrogens is 1. The molecule has 3 rings (SSSR count). The van der Waals surface area contributed by atoms with E-state index < -0.39 is 0 Å². The fourth-order valence-electron chi connectivity index (χ4n) is 2.11. The van der Waals surface area contributed by atoms with Crippen molar-refractivity contribution in [3.8, 4) is 0 Å². The van der Waals surface area contributed by atoms with E-state index in [2.05, 4.69) is 15.6 Å². The number of thiophene rings is 1. The average Bonchev–Trinajstić information content (AvgIpc) is 2.99. The number of rotatable bonds is 3. The number of carbonyl (C=O) groups excluding carboxylic acids is 1. The molecule has 2 N–H and O–H groups in total. The number of nitrogens with zero attached hydrogens (tertiary/aromatic N) is 1. The number of carbonyl (C=O) groups is 1. The molecule has 5 heteroatoms. The van der Waals surface area contributed by atoms with Crippen molar-refractivity contribution in [2.45, 2.75) is 0 Å². The summed E-state index contributed by atoms with van der Waals surface area (Å²) in [6, 6.07) is 9.62. The molecule has 0 aliphatic heterocycles. The van der Waals surface area contributed by atoms with E-state index in [1.165, 1.54) is 0 Å². The van der Waals surface area contributed by atoms with Crippen molar-refractivity contribution in [2.24, 2.45) is 0 Å². The molecule has 0 unspecified atom stereocenters. The SMILES string of the molecule is CNc1ncc(C(=O)Nc2ccsc2)c2ccccc12. The number of hydrogen-bond donors (Lipinski definition) is 2. The van der Waals surface area contributed by atoms with Gasteiger partial charge in [0.25, 0.3) is 5.91 Å². The first-order valence-electron chi connectivity index (χ1n) is 6.18. The molecule has 20 heavy (non-hydrogen) atoms. The third kappa shape index (κ3) is 2.23. The number of amides is 1. The van der Waals surface area contributed by atoms with Crippen LogP contribution in [0.15, 0.2) is 47.3 Å². The van der Waals surface area contributed by atoms with Crippen LogP contribution in [0.5, 0.6) is 0 Å². The molecule has 0 spiro atoms. The average molecular weight is 283 g/mol. The summed E-state index contributed by atoms with van der Waals surface area (Å²) < 4.78 is 0.